The summed E-state index contributed by atoms with van der Waals surface area (Å²) in [7, 11) is -3.68. The van der Waals surface area contributed by atoms with E-state index in [-0.39, 0.29) is 16.1 Å². The van der Waals surface area contributed by atoms with E-state index in [1.807, 2.05) is 6.92 Å². The highest BCUT2D eigenvalue weighted by Crippen LogP contribution is 2.21. The highest BCUT2D eigenvalue weighted by atomic mass is 32.2. The number of benzene rings is 2. The number of rotatable bonds is 5. The van der Waals surface area contributed by atoms with Crippen molar-refractivity contribution >= 4 is 21.6 Å². The average molecular weight is 409 g/mol. The van der Waals surface area contributed by atoms with Crippen LogP contribution in [0.15, 0.2) is 47.4 Å². The highest BCUT2D eigenvalue weighted by Gasteiger charge is 2.28. The van der Waals surface area contributed by atoms with Crippen LogP contribution in [0.2, 0.25) is 0 Å². The Kier molecular flexibility index (Phi) is 6.07. The molecule has 0 unspecified atom stereocenters. The van der Waals surface area contributed by atoms with Crippen molar-refractivity contribution in [2.75, 3.05) is 38.0 Å². The predicted molar refractivity (Wildman–Crippen MR) is 102 cm³/mol. The minimum absolute atomic E-state index is 0.0668. The van der Waals surface area contributed by atoms with Crippen LogP contribution in [0.3, 0.4) is 0 Å². The second-order valence-electron chi connectivity index (χ2n) is 6.45. The van der Waals surface area contributed by atoms with E-state index in [2.05, 4.69) is 10.2 Å². The van der Waals surface area contributed by atoms with Crippen molar-refractivity contribution in [2.24, 2.45) is 0 Å². The topological polar surface area (TPSA) is 69.7 Å². The fourth-order valence-electron chi connectivity index (χ4n) is 3.01. The molecule has 3 rings (SSSR count). The Bertz CT molecular complexity index is 974. The SMILES string of the molecule is CCN1CCN(S(=O)(=O)c2cccc(NC(=O)c3ccc(F)c(F)c3)c2)CC1. The lowest BCUT2D eigenvalue weighted by Crippen LogP contribution is -2.48. The molecule has 0 bridgehead atoms. The van der Waals surface area contributed by atoms with Crippen molar-refractivity contribution < 1.29 is 22.0 Å². The molecule has 1 N–H and O–H groups in total. The molecule has 2 aromatic carbocycles. The summed E-state index contributed by atoms with van der Waals surface area (Å²) < 4.78 is 53.5. The van der Waals surface area contributed by atoms with Crippen molar-refractivity contribution in [2.45, 2.75) is 11.8 Å². The third kappa shape index (κ3) is 4.37. The summed E-state index contributed by atoms with van der Waals surface area (Å²) in [6, 6.07) is 8.69. The van der Waals surface area contributed by atoms with Gasteiger partial charge in [0.05, 0.1) is 4.90 Å². The van der Waals surface area contributed by atoms with E-state index in [0.29, 0.717) is 26.2 Å². The number of halogens is 2. The Morgan fingerprint density at radius 1 is 1.04 bits per heavy atom. The minimum Gasteiger partial charge on any atom is -0.322 e. The second kappa shape index (κ2) is 8.34. The average Bonchev–Trinajstić information content (AvgIpc) is 2.70. The summed E-state index contributed by atoms with van der Waals surface area (Å²) in [5.74, 6) is -2.84. The molecule has 2 aromatic rings. The van der Waals surface area contributed by atoms with Gasteiger partial charge in [-0.3, -0.25) is 4.79 Å². The third-order valence-electron chi connectivity index (χ3n) is 4.69. The maximum absolute atomic E-state index is 13.3. The number of hydrogen-bond acceptors (Lipinski definition) is 4. The van der Waals surface area contributed by atoms with Gasteiger partial charge in [0.15, 0.2) is 11.6 Å². The minimum atomic E-state index is -3.68. The van der Waals surface area contributed by atoms with Gasteiger partial charge in [-0.2, -0.15) is 4.31 Å². The van der Waals surface area contributed by atoms with E-state index in [1.165, 1.54) is 28.6 Å². The Morgan fingerprint density at radius 2 is 1.75 bits per heavy atom. The molecule has 0 spiro atoms. The van der Waals surface area contributed by atoms with Crippen LogP contribution in [-0.4, -0.2) is 56.3 Å². The molecule has 1 heterocycles. The Hall–Kier alpha value is -2.36. The van der Waals surface area contributed by atoms with Crippen LogP contribution >= 0.6 is 0 Å². The first kappa shape index (κ1) is 20.4. The van der Waals surface area contributed by atoms with Crippen LogP contribution in [-0.2, 0) is 10.0 Å². The van der Waals surface area contributed by atoms with Gasteiger partial charge < -0.3 is 10.2 Å². The molecular weight excluding hydrogens is 388 g/mol. The molecule has 9 heteroatoms. The van der Waals surface area contributed by atoms with E-state index in [1.54, 1.807) is 0 Å². The van der Waals surface area contributed by atoms with E-state index >= 15 is 0 Å². The van der Waals surface area contributed by atoms with Crippen molar-refractivity contribution in [1.29, 1.82) is 0 Å². The Labute approximate surface area is 162 Å². The lowest BCUT2D eigenvalue weighted by atomic mass is 10.2. The molecule has 0 saturated carbocycles. The molecule has 150 valence electrons. The maximum atomic E-state index is 13.3. The zero-order valence-corrected chi connectivity index (χ0v) is 16.2. The first-order chi connectivity index (χ1) is 13.3. The van der Waals surface area contributed by atoms with Crippen LogP contribution < -0.4 is 5.32 Å². The van der Waals surface area contributed by atoms with Crippen LogP contribution in [0.4, 0.5) is 14.5 Å². The molecule has 1 fully saturated rings. The van der Waals surface area contributed by atoms with E-state index in [9.17, 15) is 22.0 Å². The van der Waals surface area contributed by atoms with Crippen LogP contribution in [0.1, 0.15) is 17.3 Å². The number of nitrogens with one attached hydrogen (secondary N) is 1. The zero-order chi connectivity index (χ0) is 20.3. The van der Waals surface area contributed by atoms with Crippen molar-refractivity contribution in [3.8, 4) is 0 Å². The second-order valence-corrected chi connectivity index (χ2v) is 8.39. The van der Waals surface area contributed by atoms with E-state index in [0.717, 1.165) is 24.7 Å². The van der Waals surface area contributed by atoms with Crippen LogP contribution in [0.25, 0.3) is 0 Å². The number of sulfonamides is 1. The third-order valence-corrected chi connectivity index (χ3v) is 6.58. The number of hydrogen-bond donors (Lipinski definition) is 1. The van der Waals surface area contributed by atoms with Crippen molar-refractivity contribution in [3.63, 3.8) is 0 Å². The van der Waals surface area contributed by atoms with Crippen LogP contribution in [0, 0.1) is 11.6 Å². The molecule has 28 heavy (non-hydrogen) atoms. The predicted octanol–water partition coefficient (Wildman–Crippen LogP) is 2.54. The van der Waals surface area contributed by atoms with Gasteiger partial charge in [-0.15, -0.1) is 0 Å². The Morgan fingerprint density at radius 3 is 2.39 bits per heavy atom. The zero-order valence-electron chi connectivity index (χ0n) is 15.4. The lowest BCUT2D eigenvalue weighted by molar-refractivity contribution is 0.102. The maximum Gasteiger partial charge on any atom is 0.255 e. The van der Waals surface area contributed by atoms with Gasteiger partial charge in [0.2, 0.25) is 10.0 Å². The lowest BCUT2D eigenvalue weighted by Gasteiger charge is -2.33. The molecule has 1 saturated heterocycles. The first-order valence-corrected chi connectivity index (χ1v) is 10.3. The summed E-state index contributed by atoms with van der Waals surface area (Å²) >= 11 is 0. The smallest absolute Gasteiger partial charge is 0.255 e. The van der Waals surface area contributed by atoms with Gasteiger partial charge >= 0.3 is 0 Å². The van der Waals surface area contributed by atoms with Crippen molar-refractivity contribution in [1.82, 2.24) is 9.21 Å². The molecule has 1 aliphatic rings. The summed E-state index contributed by atoms with van der Waals surface area (Å²) in [6.45, 7) is 5.05. The first-order valence-electron chi connectivity index (χ1n) is 8.90. The number of carbonyl (C=O) groups is 1. The van der Waals surface area contributed by atoms with Gasteiger partial charge in [-0.25, -0.2) is 17.2 Å². The molecule has 0 aliphatic carbocycles. The summed E-state index contributed by atoms with van der Waals surface area (Å²) in [6.07, 6.45) is 0. The normalized spacial score (nSPS) is 16.1. The fourth-order valence-corrected chi connectivity index (χ4v) is 4.48. The van der Waals surface area contributed by atoms with Crippen LogP contribution in [0.5, 0.6) is 0 Å². The molecule has 0 aromatic heterocycles. The van der Waals surface area contributed by atoms with E-state index < -0.39 is 27.6 Å². The number of nitrogens with zero attached hydrogens (tertiary/aromatic N) is 2. The molecule has 6 nitrogen and oxygen atoms in total. The van der Waals surface area contributed by atoms with E-state index in [4.69, 9.17) is 0 Å². The number of likely N-dealkylation sites (N-methyl/N-ethyl adjacent to an activating group) is 1. The summed E-state index contributed by atoms with van der Waals surface area (Å²) in [4.78, 5) is 14.5. The summed E-state index contributed by atoms with van der Waals surface area (Å²) in [5.41, 5.74) is 0.186. The molecule has 1 amide bonds. The molecule has 0 atom stereocenters. The number of carbonyl (C=O) groups excluding carboxylic acids is 1. The van der Waals surface area contributed by atoms with Gasteiger partial charge in [0.25, 0.3) is 5.91 Å². The Balaban J connectivity index is 1.76. The number of anilines is 1. The standard InChI is InChI=1S/C19H21F2N3O3S/c1-2-23-8-10-24(11-9-23)28(26,27)16-5-3-4-15(13-16)22-19(25)14-6-7-17(20)18(21)12-14/h3-7,12-13H,2,8-11H2,1H3,(H,22,25). The van der Waals surface area contributed by atoms with Gasteiger partial charge in [-0.05, 0) is 42.9 Å². The number of amides is 1. The molecule has 0 radical (unpaired) electrons. The molecular formula is C19H21F2N3O3S. The molecule has 1 aliphatic heterocycles. The fraction of sp³-hybridized carbons (Fsp3) is 0.316. The highest BCUT2D eigenvalue weighted by molar-refractivity contribution is 7.89. The summed E-state index contributed by atoms with van der Waals surface area (Å²) in [5, 5.41) is 2.52. The van der Waals surface area contributed by atoms with Gasteiger partial charge in [0, 0.05) is 37.4 Å². The number of piperazine rings is 1. The largest absolute Gasteiger partial charge is 0.322 e. The van der Waals surface area contributed by atoms with Crippen molar-refractivity contribution in [3.05, 3.63) is 59.7 Å². The van der Waals surface area contributed by atoms with Gasteiger partial charge in [0.1, 0.15) is 0 Å². The van der Waals surface area contributed by atoms with Gasteiger partial charge in [-0.1, -0.05) is 13.0 Å². The monoisotopic (exact) mass is 409 g/mol. The quantitative estimate of drug-likeness (QED) is 0.824.